The van der Waals surface area contributed by atoms with Gasteiger partial charge < -0.3 is 5.32 Å². The van der Waals surface area contributed by atoms with Gasteiger partial charge in [0.05, 0.1) is 5.75 Å². The first kappa shape index (κ1) is 18.9. The van der Waals surface area contributed by atoms with Gasteiger partial charge in [-0.3, -0.25) is 9.69 Å². The number of carbonyl (C=O) groups excluding carboxylic acids is 1. The fourth-order valence-corrected chi connectivity index (χ4v) is 3.85. The molecule has 1 amide bonds. The lowest BCUT2D eigenvalue weighted by molar-refractivity contribution is 0.0925. The lowest BCUT2D eigenvalue weighted by Gasteiger charge is -2.23. The number of likely N-dealkylation sites (tertiary alicyclic amines) is 1. The zero-order chi connectivity index (χ0) is 17.9. The Hall–Kier alpha value is -1.40. The number of carbonyl (C=O) groups is 1. The Bertz CT molecular complexity index is 685. The molecule has 1 aliphatic rings. The molecule has 1 aliphatic heterocycles. The molecule has 0 aliphatic carbocycles. The van der Waals surface area contributed by atoms with Gasteiger partial charge in [0.1, 0.15) is 9.84 Å². The summed E-state index contributed by atoms with van der Waals surface area (Å²) in [5, 5.41) is 3.15. The standard InChI is InChI=1S/C18H28N2O3S/c1-13(2)16-11-20(8-9-24(4,22)23)12-17(16)19-18(21)15-7-5-6-14(3)10-15/h5-7,10,13,16-17H,8-9,11-12H2,1-4H3,(H,19,21)/t16-,17+/m0/s1. The second kappa shape index (κ2) is 7.66. The molecule has 5 nitrogen and oxygen atoms in total. The molecule has 0 radical (unpaired) electrons. The van der Waals surface area contributed by atoms with E-state index in [-0.39, 0.29) is 17.7 Å². The molecule has 24 heavy (non-hydrogen) atoms. The van der Waals surface area contributed by atoms with Crippen molar-refractivity contribution in [3.8, 4) is 0 Å². The SMILES string of the molecule is Cc1cccc(C(=O)N[C@@H]2CN(CCS(C)(=O)=O)C[C@H]2C(C)C)c1. The van der Waals surface area contributed by atoms with E-state index in [9.17, 15) is 13.2 Å². The van der Waals surface area contributed by atoms with Gasteiger partial charge in [0.15, 0.2) is 0 Å². The molecule has 1 saturated heterocycles. The fraction of sp³-hybridized carbons (Fsp3) is 0.611. The molecule has 0 saturated carbocycles. The van der Waals surface area contributed by atoms with Crippen LogP contribution in [0.25, 0.3) is 0 Å². The van der Waals surface area contributed by atoms with E-state index in [0.29, 0.717) is 30.5 Å². The monoisotopic (exact) mass is 352 g/mol. The summed E-state index contributed by atoms with van der Waals surface area (Å²) in [7, 11) is -2.97. The first-order chi connectivity index (χ1) is 11.2. The Morgan fingerprint density at radius 1 is 1.33 bits per heavy atom. The second-order valence-corrected chi connectivity index (χ2v) is 9.51. The van der Waals surface area contributed by atoms with Gasteiger partial charge in [-0.25, -0.2) is 8.42 Å². The topological polar surface area (TPSA) is 66.5 Å². The van der Waals surface area contributed by atoms with Crippen molar-refractivity contribution in [1.29, 1.82) is 0 Å². The molecule has 1 aromatic rings. The van der Waals surface area contributed by atoms with Crippen molar-refractivity contribution in [2.24, 2.45) is 11.8 Å². The lowest BCUT2D eigenvalue weighted by atomic mass is 9.91. The molecule has 1 fully saturated rings. The third-order valence-corrected chi connectivity index (χ3v) is 5.60. The minimum Gasteiger partial charge on any atom is -0.348 e. The minimum atomic E-state index is -2.97. The molecule has 6 heteroatoms. The maximum absolute atomic E-state index is 12.5. The molecule has 0 spiro atoms. The first-order valence-corrected chi connectivity index (χ1v) is 10.5. The van der Waals surface area contributed by atoms with Crippen molar-refractivity contribution in [1.82, 2.24) is 10.2 Å². The summed E-state index contributed by atoms with van der Waals surface area (Å²) in [5.41, 5.74) is 1.73. The molecule has 1 heterocycles. The Morgan fingerprint density at radius 2 is 2.04 bits per heavy atom. The van der Waals surface area contributed by atoms with Crippen molar-refractivity contribution in [3.63, 3.8) is 0 Å². The highest BCUT2D eigenvalue weighted by atomic mass is 32.2. The van der Waals surface area contributed by atoms with Crippen molar-refractivity contribution in [2.75, 3.05) is 31.6 Å². The molecular formula is C18H28N2O3S. The quantitative estimate of drug-likeness (QED) is 0.847. The molecular weight excluding hydrogens is 324 g/mol. The molecule has 0 unspecified atom stereocenters. The summed E-state index contributed by atoms with van der Waals surface area (Å²) in [6.07, 6.45) is 1.26. The molecule has 0 bridgehead atoms. The summed E-state index contributed by atoms with van der Waals surface area (Å²) in [6.45, 7) is 8.32. The third-order valence-electron chi connectivity index (χ3n) is 4.67. The van der Waals surface area contributed by atoms with E-state index in [2.05, 4.69) is 24.1 Å². The Morgan fingerprint density at radius 3 is 2.62 bits per heavy atom. The van der Waals surface area contributed by atoms with Crippen LogP contribution in [0, 0.1) is 18.8 Å². The van der Waals surface area contributed by atoms with Crippen LogP contribution >= 0.6 is 0 Å². The van der Waals surface area contributed by atoms with E-state index in [1.807, 2.05) is 31.2 Å². The molecule has 0 aromatic heterocycles. The number of amides is 1. The third kappa shape index (κ3) is 5.31. The number of aryl methyl sites for hydroxylation is 1. The summed E-state index contributed by atoms with van der Waals surface area (Å²) in [6, 6.07) is 7.62. The Labute approximate surface area is 145 Å². The lowest BCUT2D eigenvalue weighted by Crippen LogP contribution is -2.42. The summed E-state index contributed by atoms with van der Waals surface area (Å²) < 4.78 is 22.8. The van der Waals surface area contributed by atoms with Crippen LogP contribution in [-0.4, -0.2) is 56.9 Å². The number of hydrogen-bond donors (Lipinski definition) is 1. The predicted octanol–water partition coefficient (Wildman–Crippen LogP) is 1.73. The number of benzene rings is 1. The Balaban J connectivity index is 2.03. The van der Waals surface area contributed by atoms with E-state index in [4.69, 9.17) is 0 Å². The number of nitrogens with zero attached hydrogens (tertiary/aromatic N) is 1. The van der Waals surface area contributed by atoms with E-state index in [0.717, 1.165) is 12.1 Å². The average molecular weight is 353 g/mol. The van der Waals surface area contributed by atoms with Crippen LogP contribution < -0.4 is 5.32 Å². The fourth-order valence-electron chi connectivity index (χ4n) is 3.26. The molecule has 134 valence electrons. The van der Waals surface area contributed by atoms with Gasteiger partial charge in [0.25, 0.3) is 5.91 Å². The van der Waals surface area contributed by atoms with Crippen molar-refractivity contribution in [2.45, 2.75) is 26.8 Å². The highest BCUT2D eigenvalue weighted by Gasteiger charge is 2.35. The van der Waals surface area contributed by atoms with Crippen molar-refractivity contribution < 1.29 is 13.2 Å². The maximum Gasteiger partial charge on any atom is 0.251 e. The van der Waals surface area contributed by atoms with E-state index >= 15 is 0 Å². The highest BCUT2D eigenvalue weighted by Crippen LogP contribution is 2.24. The number of nitrogens with one attached hydrogen (secondary N) is 1. The van der Waals surface area contributed by atoms with Crippen LogP contribution in [0.15, 0.2) is 24.3 Å². The normalized spacial score (nSPS) is 22.0. The largest absolute Gasteiger partial charge is 0.348 e. The van der Waals surface area contributed by atoms with Gasteiger partial charge in [-0.05, 0) is 30.9 Å². The minimum absolute atomic E-state index is 0.0533. The van der Waals surface area contributed by atoms with Crippen LogP contribution in [0.4, 0.5) is 0 Å². The van der Waals surface area contributed by atoms with Gasteiger partial charge in [-0.1, -0.05) is 31.5 Å². The number of sulfone groups is 1. The van der Waals surface area contributed by atoms with E-state index < -0.39 is 9.84 Å². The number of rotatable bonds is 6. The van der Waals surface area contributed by atoms with E-state index in [1.54, 1.807) is 0 Å². The summed E-state index contributed by atoms with van der Waals surface area (Å²) in [5.74, 6) is 0.866. The average Bonchev–Trinajstić information content (AvgIpc) is 2.87. The van der Waals surface area contributed by atoms with Gasteiger partial charge in [-0.2, -0.15) is 0 Å². The highest BCUT2D eigenvalue weighted by molar-refractivity contribution is 7.90. The number of hydrogen-bond acceptors (Lipinski definition) is 4. The first-order valence-electron chi connectivity index (χ1n) is 8.43. The van der Waals surface area contributed by atoms with Crippen LogP contribution in [0.2, 0.25) is 0 Å². The predicted molar refractivity (Wildman–Crippen MR) is 96.9 cm³/mol. The van der Waals surface area contributed by atoms with Crippen molar-refractivity contribution in [3.05, 3.63) is 35.4 Å². The zero-order valence-electron chi connectivity index (χ0n) is 15.0. The van der Waals surface area contributed by atoms with Crippen LogP contribution in [0.3, 0.4) is 0 Å². The zero-order valence-corrected chi connectivity index (χ0v) is 15.8. The molecule has 2 rings (SSSR count). The van der Waals surface area contributed by atoms with Crippen molar-refractivity contribution >= 4 is 15.7 Å². The molecule has 1 N–H and O–H groups in total. The molecule has 2 atom stereocenters. The van der Waals surface area contributed by atoms with Crippen LogP contribution in [0.5, 0.6) is 0 Å². The van der Waals surface area contributed by atoms with Crippen LogP contribution in [-0.2, 0) is 9.84 Å². The van der Waals surface area contributed by atoms with Gasteiger partial charge in [0.2, 0.25) is 0 Å². The van der Waals surface area contributed by atoms with E-state index in [1.165, 1.54) is 6.26 Å². The van der Waals surface area contributed by atoms with Gasteiger partial charge in [-0.15, -0.1) is 0 Å². The summed E-state index contributed by atoms with van der Waals surface area (Å²) in [4.78, 5) is 14.7. The Kier molecular flexibility index (Phi) is 6.04. The van der Waals surface area contributed by atoms with Gasteiger partial charge >= 0.3 is 0 Å². The summed E-state index contributed by atoms with van der Waals surface area (Å²) >= 11 is 0. The van der Waals surface area contributed by atoms with Crippen LogP contribution in [0.1, 0.15) is 29.8 Å². The second-order valence-electron chi connectivity index (χ2n) is 7.25. The van der Waals surface area contributed by atoms with Gasteiger partial charge in [0, 0.05) is 37.5 Å². The molecule has 1 aromatic carbocycles. The smallest absolute Gasteiger partial charge is 0.251 e. The maximum atomic E-state index is 12.5.